The minimum absolute atomic E-state index is 0.0196. The van der Waals surface area contributed by atoms with E-state index in [4.69, 9.17) is 0 Å². The first-order chi connectivity index (χ1) is 12.4. The summed E-state index contributed by atoms with van der Waals surface area (Å²) in [7, 11) is 0. The van der Waals surface area contributed by atoms with Gasteiger partial charge in [-0.05, 0) is 50.1 Å². The fourth-order valence-electron chi connectivity index (χ4n) is 2.50. The third-order valence-electron chi connectivity index (χ3n) is 3.99. The smallest absolute Gasteiger partial charge is 0.266 e. The molecule has 0 aliphatic carbocycles. The van der Waals surface area contributed by atoms with Crippen LogP contribution in [-0.4, -0.2) is 16.8 Å². The Morgan fingerprint density at radius 1 is 1.27 bits per heavy atom. The predicted molar refractivity (Wildman–Crippen MR) is 108 cm³/mol. The summed E-state index contributed by atoms with van der Waals surface area (Å²) in [4.78, 5) is 14.6. The van der Waals surface area contributed by atoms with E-state index in [1.54, 1.807) is 4.90 Å². The van der Waals surface area contributed by atoms with E-state index < -0.39 is 0 Å². The molecule has 134 valence electrons. The molecule has 0 aliphatic rings. The van der Waals surface area contributed by atoms with Gasteiger partial charge in [0.1, 0.15) is 11.6 Å². The highest BCUT2D eigenvalue weighted by atomic mass is 79.9. The number of rotatable bonds is 6. The molecule has 0 bridgehead atoms. The van der Waals surface area contributed by atoms with Crippen molar-refractivity contribution in [1.29, 1.82) is 5.26 Å². The zero-order chi connectivity index (χ0) is 19.1. The Hall–Kier alpha value is -2.58. The summed E-state index contributed by atoms with van der Waals surface area (Å²) in [5.41, 5.74) is 2.98. The number of carbonyl (C=O) groups is 1. The zero-order valence-electron chi connectivity index (χ0n) is 15.2. The first kappa shape index (κ1) is 19.7. The van der Waals surface area contributed by atoms with Crippen LogP contribution in [0.2, 0.25) is 0 Å². The number of nitrogens with zero attached hydrogens (tertiary/aromatic N) is 2. The number of carbonyl (C=O) groups excluding carboxylic acids is 1. The Balaban J connectivity index is 2.20. The van der Waals surface area contributed by atoms with Gasteiger partial charge in [-0.15, -0.1) is 0 Å². The van der Waals surface area contributed by atoms with Crippen molar-refractivity contribution in [1.82, 2.24) is 4.90 Å². The molecule has 0 spiro atoms. The third kappa shape index (κ3) is 5.21. The van der Waals surface area contributed by atoms with Crippen LogP contribution >= 0.6 is 15.9 Å². The molecule has 2 rings (SSSR count). The summed E-state index contributed by atoms with van der Waals surface area (Å²) >= 11 is 3.42. The van der Waals surface area contributed by atoms with Crippen LogP contribution in [0.4, 0.5) is 5.69 Å². The van der Waals surface area contributed by atoms with Crippen molar-refractivity contribution < 1.29 is 4.79 Å². The van der Waals surface area contributed by atoms with Crippen molar-refractivity contribution in [3.8, 4) is 6.07 Å². The Morgan fingerprint density at radius 2 is 1.96 bits per heavy atom. The molecule has 0 heterocycles. The normalized spacial score (nSPS) is 11.2. The number of aryl methyl sites for hydroxylation is 1. The van der Waals surface area contributed by atoms with Crippen LogP contribution in [0.3, 0.4) is 0 Å². The fraction of sp³-hybridized carbons (Fsp3) is 0.238. The number of benzene rings is 2. The predicted octanol–water partition coefficient (Wildman–Crippen LogP) is 5.01. The summed E-state index contributed by atoms with van der Waals surface area (Å²) in [6, 6.07) is 17.6. The van der Waals surface area contributed by atoms with Crippen LogP contribution in [0.15, 0.2) is 64.8 Å². The highest BCUT2D eigenvalue weighted by molar-refractivity contribution is 9.10. The van der Waals surface area contributed by atoms with Gasteiger partial charge in [0.15, 0.2) is 0 Å². The lowest BCUT2D eigenvalue weighted by molar-refractivity contribution is -0.129. The zero-order valence-corrected chi connectivity index (χ0v) is 16.7. The lowest BCUT2D eigenvalue weighted by Gasteiger charge is -2.26. The van der Waals surface area contributed by atoms with Gasteiger partial charge in [-0.2, -0.15) is 5.26 Å². The van der Waals surface area contributed by atoms with Gasteiger partial charge in [0.05, 0.1) is 0 Å². The van der Waals surface area contributed by atoms with Gasteiger partial charge in [-0.1, -0.05) is 46.3 Å². The number of anilines is 1. The molecule has 0 radical (unpaired) electrons. The summed E-state index contributed by atoms with van der Waals surface area (Å²) in [5.74, 6) is -0.284. The number of nitriles is 1. The second kappa shape index (κ2) is 9.21. The summed E-state index contributed by atoms with van der Waals surface area (Å²) in [6.45, 7) is 6.32. The topological polar surface area (TPSA) is 56.1 Å². The quantitative estimate of drug-likeness (QED) is 0.536. The van der Waals surface area contributed by atoms with E-state index >= 15 is 0 Å². The molecular formula is C21H22BrN3O. The Kier molecular flexibility index (Phi) is 6.99. The van der Waals surface area contributed by atoms with Crippen LogP contribution in [0, 0.1) is 18.3 Å². The first-order valence-corrected chi connectivity index (χ1v) is 9.19. The standard InChI is InChI=1S/C21H22BrN3O/c1-15(2)25(14-17-7-5-4-6-8-17)21(26)18(12-23)13-24-20-10-9-19(22)11-16(20)3/h4-11,13,15,24H,14H2,1-3H3/b18-13-. The molecule has 1 amide bonds. The molecule has 0 atom stereocenters. The van der Waals surface area contributed by atoms with Gasteiger partial charge in [-0.25, -0.2) is 0 Å². The second-order valence-electron chi connectivity index (χ2n) is 6.29. The van der Waals surface area contributed by atoms with Gasteiger partial charge in [0.25, 0.3) is 5.91 Å². The number of hydrogen-bond donors (Lipinski definition) is 1. The second-order valence-corrected chi connectivity index (χ2v) is 7.20. The number of halogens is 1. The maximum atomic E-state index is 12.9. The van der Waals surface area contributed by atoms with Crippen LogP contribution in [0.25, 0.3) is 0 Å². The average Bonchev–Trinajstić information content (AvgIpc) is 2.62. The lowest BCUT2D eigenvalue weighted by atomic mass is 10.1. The van der Waals surface area contributed by atoms with Gasteiger partial charge in [0, 0.05) is 28.9 Å². The summed E-state index contributed by atoms with van der Waals surface area (Å²) in [6.07, 6.45) is 1.49. The van der Waals surface area contributed by atoms with Crippen molar-refractivity contribution in [2.75, 3.05) is 5.32 Å². The minimum Gasteiger partial charge on any atom is -0.360 e. The number of nitrogens with one attached hydrogen (secondary N) is 1. The van der Waals surface area contributed by atoms with E-state index in [0.717, 1.165) is 21.3 Å². The largest absolute Gasteiger partial charge is 0.360 e. The molecule has 0 fully saturated rings. The van der Waals surface area contributed by atoms with E-state index in [-0.39, 0.29) is 17.5 Å². The molecule has 0 aliphatic heterocycles. The van der Waals surface area contributed by atoms with E-state index in [9.17, 15) is 10.1 Å². The Labute approximate surface area is 163 Å². The first-order valence-electron chi connectivity index (χ1n) is 8.40. The van der Waals surface area contributed by atoms with Crippen molar-refractivity contribution >= 4 is 27.5 Å². The van der Waals surface area contributed by atoms with Gasteiger partial charge in [0.2, 0.25) is 0 Å². The molecule has 2 aromatic rings. The van der Waals surface area contributed by atoms with Crippen LogP contribution in [-0.2, 0) is 11.3 Å². The van der Waals surface area contributed by atoms with Crippen LogP contribution in [0.5, 0.6) is 0 Å². The highest BCUT2D eigenvalue weighted by Crippen LogP contribution is 2.20. The molecule has 0 saturated heterocycles. The third-order valence-corrected chi connectivity index (χ3v) is 4.48. The molecular weight excluding hydrogens is 390 g/mol. The molecule has 1 N–H and O–H groups in total. The van der Waals surface area contributed by atoms with Crippen molar-refractivity contribution in [3.05, 3.63) is 75.9 Å². The van der Waals surface area contributed by atoms with Crippen molar-refractivity contribution in [2.45, 2.75) is 33.4 Å². The average molecular weight is 412 g/mol. The maximum Gasteiger partial charge on any atom is 0.266 e. The Bertz CT molecular complexity index is 838. The van der Waals surface area contributed by atoms with Gasteiger partial charge in [-0.3, -0.25) is 4.79 Å². The van der Waals surface area contributed by atoms with Gasteiger partial charge < -0.3 is 10.2 Å². The van der Waals surface area contributed by atoms with E-state index in [1.807, 2.05) is 75.4 Å². The Morgan fingerprint density at radius 3 is 2.54 bits per heavy atom. The summed E-state index contributed by atoms with van der Waals surface area (Å²) < 4.78 is 0.981. The number of amides is 1. The molecule has 26 heavy (non-hydrogen) atoms. The highest BCUT2D eigenvalue weighted by Gasteiger charge is 2.21. The lowest BCUT2D eigenvalue weighted by Crippen LogP contribution is -2.37. The van der Waals surface area contributed by atoms with Crippen LogP contribution in [0.1, 0.15) is 25.0 Å². The van der Waals surface area contributed by atoms with E-state index in [0.29, 0.717) is 6.54 Å². The van der Waals surface area contributed by atoms with Crippen LogP contribution < -0.4 is 5.32 Å². The monoisotopic (exact) mass is 411 g/mol. The van der Waals surface area contributed by atoms with Crippen molar-refractivity contribution in [2.24, 2.45) is 0 Å². The molecule has 0 aromatic heterocycles. The number of hydrogen-bond acceptors (Lipinski definition) is 3. The van der Waals surface area contributed by atoms with Gasteiger partial charge >= 0.3 is 0 Å². The molecule has 5 heteroatoms. The van der Waals surface area contributed by atoms with Crippen molar-refractivity contribution in [3.63, 3.8) is 0 Å². The molecule has 4 nitrogen and oxygen atoms in total. The minimum atomic E-state index is -0.284. The SMILES string of the molecule is Cc1cc(Br)ccc1N/C=C(/C#N)C(=O)N(Cc1ccccc1)C(C)C. The maximum absolute atomic E-state index is 12.9. The molecule has 0 saturated carbocycles. The van der Waals surface area contributed by atoms with E-state index in [1.165, 1.54) is 6.20 Å². The summed E-state index contributed by atoms with van der Waals surface area (Å²) in [5, 5.41) is 12.5. The van der Waals surface area contributed by atoms with E-state index in [2.05, 4.69) is 21.2 Å². The molecule has 2 aromatic carbocycles. The fourth-order valence-corrected chi connectivity index (χ4v) is 2.98. The molecule has 0 unspecified atom stereocenters.